The van der Waals surface area contributed by atoms with Gasteiger partial charge >= 0.3 is 6.03 Å². The highest BCUT2D eigenvalue weighted by molar-refractivity contribution is 5.91. The van der Waals surface area contributed by atoms with Gasteiger partial charge in [-0.15, -0.1) is 0 Å². The van der Waals surface area contributed by atoms with Crippen molar-refractivity contribution in [1.82, 2.24) is 10.2 Å². The molecule has 0 spiro atoms. The zero-order valence-corrected chi connectivity index (χ0v) is 21.2. The molecule has 2 amide bonds. The lowest BCUT2D eigenvalue weighted by Gasteiger charge is -2.38. The minimum Gasteiger partial charge on any atom is -0.493 e. The number of carbonyl (C=O) groups excluding carboxylic acids is 1. The van der Waals surface area contributed by atoms with Gasteiger partial charge in [0.05, 0.1) is 45.2 Å². The summed E-state index contributed by atoms with van der Waals surface area (Å²) in [5.74, 6) is 1.60. The summed E-state index contributed by atoms with van der Waals surface area (Å²) >= 11 is 0. The van der Waals surface area contributed by atoms with Crippen LogP contribution in [0.3, 0.4) is 0 Å². The maximum Gasteiger partial charge on any atom is 0.425 e. The van der Waals surface area contributed by atoms with Crippen molar-refractivity contribution in [3.63, 3.8) is 0 Å². The van der Waals surface area contributed by atoms with Crippen molar-refractivity contribution in [2.45, 2.75) is 13.3 Å². The van der Waals surface area contributed by atoms with E-state index < -0.39 is 0 Å². The molecule has 1 atom stereocenters. The van der Waals surface area contributed by atoms with Crippen LogP contribution in [-0.4, -0.2) is 88.0 Å². The Labute approximate surface area is 212 Å². The van der Waals surface area contributed by atoms with Crippen LogP contribution < -0.4 is 14.8 Å². The number of quaternary nitrogens is 1. The molecule has 2 aromatic carbocycles. The van der Waals surface area contributed by atoms with E-state index in [-0.39, 0.29) is 10.5 Å². The number of amides is 2. The average molecular weight is 493 g/mol. The molecule has 1 N–H and O–H groups in total. The molecule has 0 aliphatic carbocycles. The molecule has 4 rings (SSSR count). The second-order valence-corrected chi connectivity index (χ2v) is 8.92. The monoisotopic (exact) mass is 492 g/mol. The van der Waals surface area contributed by atoms with E-state index in [1.54, 1.807) is 20.3 Å². The van der Waals surface area contributed by atoms with Gasteiger partial charge in [0.2, 0.25) is 5.84 Å². The predicted octanol–water partition coefficient (Wildman–Crippen LogP) is 3.55. The summed E-state index contributed by atoms with van der Waals surface area (Å²) in [5, 5.41) is 13.7. The van der Waals surface area contributed by atoms with Crippen LogP contribution in [0.15, 0.2) is 41.4 Å². The molecule has 9 heteroatoms. The summed E-state index contributed by atoms with van der Waals surface area (Å²) in [6.07, 6.45) is 0.843. The van der Waals surface area contributed by atoms with Crippen molar-refractivity contribution >= 4 is 17.6 Å². The Balaban J connectivity index is 1.88. The highest BCUT2D eigenvalue weighted by Crippen LogP contribution is 2.45. The fourth-order valence-corrected chi connectivity index (χ4v) is 4.99. The lowest BCUT2D eigenvalue weighted by Crippen LogP contribution is -2.63. The smallest absolute Gasteiger partial charge is 0.425 e. The normalized spacial score (nSPS) is 20.8. The van der Waals surface area contributed by atoms with Crippen LogP contribution in [0.25, 0.3) is 11.1 Å². The molecule has 36 heavy (non-hydrogen) atoms. The number of ether oxygens (including phenoxy) is 3. The number of rotatable bonds is 4. The van der Waals surface area contributed by atoms with Gasteiger partial charge in [0.25, 0.3) is 0 Å². The van der Waals surface area contributed by atoms with E-state index in [0.29, 0.717) is 80.1 Å². The van der Waals surface area contributed by atoms with Crippen molar-refractivity contribution in [3.8, 4) is 28.7 Å². The van der Waals surface area contributed by atoms with Crippen LogP contribution in [0, 0.1) is 11.3 Å². The highest BCUT2D eigenvalue weighted by Gasteiger charge is 2.44. The molecule has 1 unspecified atom stereocenters. The molecule has 9 nitrogen and oxygen atoms in total. The number of aliphatic imine (C=N–C) groups is 1. The van der Waals surface area contributed by atoms with Crippen LogP contribution in [0.4, 0.5) is 10.5 Å². The molecule has 2 fully saturated rings. The van der Waals surface area contributed by atoms with Crippen molar-refractivity contribution < 1.29 is 23.5 Å². The van der Waals surface area contributed by atoms with Crippen LogP contribution >= 0.6 is 0 Å². The number of nitrogens with one attached hydrogen (secondary N) is 1. The van der Waals surface area contributed by atoms with E-state index in [1.807, 2.05) is 42.2 Å². The van der Waals surface area contributed by atoms with E-state index in [4.69, 9.17) is 19.2 Å². The standard InChI is InChI=1S/C27H34N5O4/c1-20(32(14-7-10-29-11-15-32)27(33)31-12-16-36-17-13-31)30-23-18-24(34-2)26(35-3)25(22(23)19-28)21-8-5-4-6-9-21/h4-6,8-9,18,29H,7,10-17H2,1-3H3/q+1. The van der Waals surface area contributed by atoms with Crippen molar-refractivity contribution in [2.24, 2.45) is 4.99 Å². The van der Waals surface area contributed by atoms with E-state index in [1.165, 1.54) is 0 Å². The molecule has 2 aliphatic heterocycles. The topological polar surface area (TPSA) is 96.2 Å². The number of amidine groups is 1. The van der Waals surface area contributed by atoms with Crippen LogP contribution in [0.5, 0.6) is 11.5 Å². The number of hydrogen-bond donors (Lipinski definition) is 1. The van der Waals surface area contributed by atoms with Crippen molar-refractivity contribution in [3.05, 3.63) is 42.0 Å². The lowest BCUT2D eigenvalue weighted by molar-refractivity contribution is -0.761. The van der Waals surface area contributed by atoms with E-state index in [9.17, 15) is 10.1 Å². The lowest BCUT2D eigenvalue weighted by atomic mass is 9.97. The number of morpholine rings is 1. The molecule has 2 aliphatic rings. The largest absolute Gasteiger partial charge is 0.493 e. The molecule has 2 heterocycles. The van der Waals surface area contributed by atoms with Crippen LogP contribution in [-0.2, 0) is 4.74 Å². The molecule has 0 aromatic heterocycles. The third-order valence-corrected chi connectivity index (χ3v) is 6.94. The van der Waals surface area contributed by atoms with Gasteiger partial charge < -0.3 is 19.5 Å². The first kappa shape index (κ1) is 25.6. The summed E-state index contributed by atoms with van der Waals surface area (Å²) in [7, 11) is 3.13. The summed E-state index contributed by atoms with van der Waals surface area (Å²) in [5.41, 5.74) is 2.28. The van der Waals surface area contributed by atoms with Gasteiger partial charge in [0.1, 0.15) is 12.6 Å². The van der Waals surface area contributed by atoms with Gasteiger partial charge in [-0.1, -0.05) is 30.3 Å². The van der Waals surface area contributed by atoms with E-state index >= 15 is 0 Å². The Morgan fingerprint density at radius 1 is 1.14 bits per heavy atom. The molecular formula is C27H34N5O4+. The van der Waals surface area contributed by atoms with Gasteiger partial charge in [-0.3, -0.25) is 4.90 Å². The number of carbonyl (C=O) groups is 1. The summed E-state index contributed by atoms with van der Waals surface area (Å²) in [6, 6.07) is 13.7. The number of hydrogen-bond acceptors (Lipinski definition) is 7. The van der Waals surface area contributed by atoms with E-state index in [0.717, 1.165) is 18.5 Å². The van der Waals surface area contributed by atoms with E-state index in [2.05, 4.69) is 11.4 Å². The maximum atomic E-state index is 14.0. The molecule has 2 aromatic rings. The molecular weight excluding hydrogens is 458 g/mol. The van der Waals surface area contributed by atoms with Crippen molar-refractivity contribution in [2.75, 3.05) is 66.7 Å². The molecule has 0 radical (unpaired) electrons. The molecule has 190 valence electrons. The number of benzene rings is 2. The predicted molar refractivity (Wildman–Crippen MR) is 138 cm³/mol. The first-order valence-corrected chi connectivity index (χ1v) is 12.3. The van der Waals surface area contributed by atoms with Gasteiger partial charge in [-0.05, 0) is 5.56 Å². The van der Waals surface area contributed by atoms with Gasteiger partial charge in [-0.25, -0.2) is 4.79 Å². The number of nitriles is 1. The fourth-order valence-electron chi connectivity index (χ4n) is 4.99. The molecule has 2 saturated heterocycles. The second-order valence-electron chi connectivity index (χ2n) is 8.92. The first-order chi connectivity index (χ1) is 17.6. The number of nitrogens with zero attached hydrogens (tertiary/aromatic N) is 4. The zero-order chi connectivity index (χ0) is 25.5. The Morgan fingerprint density at radius 2 is 1.89 bits per heavy atom. The summed E-state index contributed by atoms with van der Waals surface area (Å²) in [6.45, 7) is 6.88. The third kappa shape index (κ3) is 4.93. The van der Waals surface area contributed by atoms with Gasteiger partial charge in [0, 0.05) is 51.2 Å². The second kappa shape index (κ2) is 11.5. The molecule has 0 bridgehead atoms. The summed E-state index contributed by atoms with van der Waals surface area (Å²) < 4.78 is 16.9. The minimum absolute atomic E-state index is 0.0329. The SMILES string of the molecule is COc1cc(N=C(C)[N+]2(C(=O)N3CCOCC3)CCCNCC2)c(C#N)c(-c2ccccc2)c1OC. The fraction of sp³-hybridized carbons (Fsp3) is 0.444. The molecule has 0 saturated carbocycles. The Morgan fingerprint density at radius 3 is 2.56 bits per heavy atom. The quantitative estimate of drug-likeness (QED) is 0.398. The van der Waals surface area contributed by atoms with Crippen molar-refractivity contribution in [1.29, 1.82) is 5.26 Å². The summed E-state index contributed by atoms with van der Waals surface area (Å²) in [4.78, 5) is 20.8. The van der Waals surface area contributed by atoms with Gasteiger partial charge in [-0.2, -0.15) is 14.7 Å². The Kier molecular flexibility index (Phi) is 8.21. The van der Waals surface area contributed by atoms with Gasteiger partial charge in [0.15, 0.2) is 11.5 Å². The number of methoxy groups -OCH3 is 2. The average Bonchev–Trinajstić information content (AvgIpc) is 3.20. The zero-order valence-electron chi connectivity index (χ0n) is 21.2. The maximum absolute atomic E-state index is 14.0. The van der Waals surface area contributed by atoms with Crippen LogP contribution in [0.1, 0.15) is 18.9 Å². The Bertz CT molecular complexity index is 1140. The van der Waals surface area contributed by atoms with Crippen LogP contribution in [0.2, 0.25) is 0 Å². The third-order valence-electron chi connectivity index (χ3n) is 6.94. The number of urea groups is 1. The Hall–Kier alpha value is -3.45. The minimum atomic E-state index is 0.0329. The highest BCUT2D eigenvalue weighted by atomic mass is 16.5. The first-order valence-electron chi connectivity index (χ1n) is 12.3.